The molecule has 2 rings (SSSR count). The third-order valence-corrected chi connectivity index (χ3v) is 2.80. The summed E-state index contributed by atoms with van der Waals surface area (Å²) in [6.07, 6.45) is 1.63. The number of carbonyl (C=O) groups excluding carboxylic acids is 1. The molecule has 0 aromatic heterocycles. The lowest BCUT2D eigenvalue weighted by Gasteiger charge is -2.10. The second kappa shape index (κ2) is 5.75. The van der Waals surface area contributed by atoms with Crippen molar-refractivity contribution in [1.29, 1.82) is 0 Å². The number of nitrogens with zero attached hydrogens (tertiary/aromatic N) is 1. The number of halogens is 1. The van der Waals surface area contributed by atoms with Crippen LogP contribution in [0.1, 0.15) is 23.2 Å². The van der Waals surface area contributed by atoms with Crippen LogP contribution < -0.4 is 0 Å². The number of esters is 1. The Morgan fingerprint density at radius 2 is 2.37 bits per heavy atom. The molecule has 0 spiro atoms. The molecule has 1 atom stereocenters. The first-order valence-corrected chi connectivity index (χ1v) is 5.80. The molecule has 7 heteroatoms. The summed E-state index contributed by atoms with van der Waals surface area (Å²) >= 11 is 0. The fraction of sp³-hybridized carbons (Fsp3) is 0.417. The topological polar surface area (TPSA) is 78.7 Å². The zero-order valence-corrected chi connectivity index (χ0v) is 10.0. The van der Waals surface area contributed by atoms with Gasteiger partial charge in [-0.2, -0.15) is 4.39 Å². The summed E-state index contributed by atoms with van der Waals surface area (Å²) < 4.78 is 23.6. The zero-order valence-electron chi connectivity index (χ0n) is 10.0. The molecule has 102 valence electrons. The van der Waals surface area contributed by atoms with Gasteiger partial charge in [-0.15, -0.1) is 0 Å². The minimum atomic E-state index is -1.06. The van der Waals surface area contributed by atoms with Crippen LogP contribution in [0.4, 0.5) is 10.1 Å². The summed E-state index contributed by atoms with van der Waals surface area (Å²) in [6, 6.07) is 2.91. The third kappa shape index (κ3) is 3.25. The number of carbonyl (C=O) groups is 1. The van der Waals surface area contributed by atoms with Gasteiger partial charge in [0.15, 0.2) is 0 Å². The van der Waals surface area contributed by atoms with Gasteiger partial charge in [0, 0.05) is 12.7 Å². The molecule has 0 amide bonds. The Labute approximate surface area is 108 Å². The first-order valence-electron chi connectivity index (χ1n) is 5.80. The lowest BCUT2D eigenvalue weighted by atomic mass is 10.2. The van der Waals surface area contributed by atoms with Gasteiger partial charge in [-0.3, -0.25) is 10.1 Å². The first kappa shape index (κ1) is 13.4. The van der Waals surface area contributed by atoms with E-state index in [9.17, 15) is 19.3 Å². The van der Waals surface area contributed by atoms with Gasteiger partial charge in [0.2, 0.25) is 5.82 Å². The highest BCUT2D eigenvalue weighted by molar-refractivity contribution is 5.89. The Morgan fingerprint density at radius 3 is 2.95 bits per heavy atom. The van der Waals surface area contributed by atoms with Gasteiger partial charge in [0.25, 0.3) is 0 Å². The molecule has 1 fully saturated rings. The van der Waals surface area contributed by atoms with Crippen LogP contribution in [-0.4, -0.2) is 30.2 Å². The highest BCUT2D eigenvalue weighted by Gasteiger charge is 2.20. The van der Waals surface area contributed by atoms with Gasteiger partial charge in [-0.05, 0) is 25.0 Å². The van der Waals surface area contributed by atoms with Crippen LogP contribution in [0.25, 0.3) is 0 Å². The fourth-order valence-electron chi connectivity index (χ4n) is 1.81. The molecular weight excluding hydrogens is 257 g/mol. The normalized spacial score (nSPS) is 18.3. The van der Waals surface area contributed by atoms with Gasteiger partial charge in [-0.25, -0.2) is 4.79 Å². The van der Waals surface area contributed by atoms with E-state index in [0.717, 1.165) is 25.0 Å². The molecule has 0 radical (unpaired) electrons. The second-order valence-corrected chi connectivity index (χ2v) is 4.16. The number of nitro benzene ring substituents is 1. The largest absolute Gasteiger partial charge is 0.459 e. The van der Waals surface area contributed by atoms with Gasteiger partial charge in [-0.1, -0.05) is 0 Å². The highest BCUT2D eigenvalue weighted by atomic mass is 19.1. The lowest BCUT2D eigenvalue weighted by Crippen LogP contribution is -2.18. The van der Waals surface area contributed by atoms with E-state index in [1.165, 1.54) is 6.07 Å². The minimum absolute atomic E-state index is 0.0545. The quantitative estimate of drug-likeness (QED) is 0.475. The molecule has 0 saturated carbocycles. The van der Waals surface area contributed by atoms with Gasteiger partial charge in [0.1, 0.15) is 6.61 Å². The van der Waals surface area contributed by atoms with Crippen LogP contribution in [-0.2, 0) is 9.47 Å². The summed E-state index contributed by atoms with van der Waals surface area (Å²) in [5, 5.41) is 10.4. The Morgan fingerprint density at radius 1 is 1.58 bits per heavy atom. The first-order chi connectivity index (χ1) is 9.08. The molecule has 0 N–H and O–H groups in total. The van der Waals surface area contributed by atoms with Gasteiger partial charge in [0.05, 0.1) is 16.6 Å². The number of ether oxygens (including phenoxy) is 2. The Balaban J connectivity index is 1.98. The number of nitro groups is 1. The van der Waals surface area contributed by atoms with E-state index in [4.69, 9.17) is 9.47 Å². The Hall–Kier alpha value is -2.02. The summed E-state index contributed by atoms with van der Waals surface area (Å²) in [4.78, 5) is 21.2. The zero-order chi connectivity index (χ0) is 13.8. The summed E-state index contributed by atoms with van der Waals surface area (Å²) in [6.45, 7) is 0.756. The molecule has 0 bridgehead atoms. The van der Waals surface area contributed by atoms with Crippen molar-refractivity contribution in [3.05, 3.63) is 39.7 Å². The molecule has 1 aliphatic rings. The van der Waals surface area contributed by atoms with E-state index in [1.807, 2.05) is 0 Å². The Bertz CT molecular complexity index is 499. The van der Waals surface area contributed by atoms with Crippen LogP contribution in [0.5, 0.6) is 0 Å². The van der Waals surface area contributed by atoms with Crippen LogP contribution in [0, 0.1) is 15.9 Å². The molecule has 1 aliphatic heterocycles. The summed E-state index contributed by atoms with van der Waals surface area (Å²) in [5.41, 5.74) is -0.725. The SMILES string of the molecule is O=C(OCC1CCCO1)c1ccc([N+](=O)[O-])c(F)c1. The summed E-state index contributed by atoms with van der Waals surface area (Å²) in [7, 11) is 0. The molecule has 19 heavy (non-hydrogen) atoms. The average molecular weight is 269 g/mol. The monoisotopic (exact) mass is 269 g/mol. The molecule has 6 nitrogen and oxygen atoms in total. The molecular formula is C12H12FNO5. The predicted octanol–water partition coefficient (Wildman–Crippen LogP) is 2.07. The molecule has 1 saturated heterocycles. The third-order valence-electron chi connectivity index (χ3n) is 2.80. The van der Waals surface area contributed by atoms with Crippen molar-refractivity contribution < 1.29 is 23.6 Å². The maximum absolute atomic E-state index is 13.3. The van der Waals surface area contributed by atoms with Crippen LogP contribution >= 0.6 is 0 Å². The lowest BCUT2D eigenvalue weighted by molar-refractivity contribution is -0.387. The van der Waals surface area contributed by atoms with Crippen LogP contribution in [0.3, 0.4) is 0 Å². The van der Waals surface area contributed by atoms with Crippen molar-refractivity contribution in [1.82, 2.24) is 0 Å². The van der Waals surface area contributed by atoms with Crippen molar-refractivity contribution in [3.8, 4) is 0 Å². The van der Waals surface area contributed by atoms with E-state index in [2.05, 4.69) is 0 Å². The van der Waals surface area contributed by atoms with E-state index in [0.29, 0.717) is 6.61 Å². The molecule has 1 aromatic carbocycles. The minimum Gasteiger partial charge on any atom is -0.459 e. The van der Waals surface area contributed by atoms with E-state index in [1.54, 1.807) is 0 Å². The number of hydrogen-bond acceptors (Lipinski definition) is 5. The van der Waals surface area contributed by atoms with Crippen molar-refractivity contribution in [3.63, 3.8) is 0 Å². The highest BCUT2D eigenvalue weighted by Crippen LogP contribution is 2.19. The smallest absolute Gasteiger partial charge is 0.338 e. The van der Waals surface area contributed by atoms with Crippen molar-refractivity contribution in [2.75, 3.05) is 13.2 Å². The van der Waals surface area contributed by atoms with Crippen LogP contribution in [0.15, 0.2) is 18.2 Å². The van der Waals surface area contributed by atoms with Crippen molar-refractivity contribution in [2.24, 2.45) is 0 Å². The molecule has 1 unspecified atom stereocenters. The van der Waals surface area contributed by atoms with Gasteiger partial charge >= 0.3 is 11.7 Å². The maximum atomic E-state index is 13.3. The van der Waals surface area contributed by atoms with Crippen molar-refractivity contribution >= 4 is 11.7 Å². The molecule has 0 aliphatic carbocycles. The molecule has 1 heterocycles. The maximum Gasteiger partial charge on any atom is 0.338 e. The van der Waals surface area contributed by atoms with E-state index in [-0.39, 0.29) is 18.3 Å². The summed E-state index contributed by atoms with van der Waals surface area (Å²) in [5.74, 6) is -1.78. The average Bonchev–Trinajstić information content (AvgIpc) is 2.88. The standard InChI is InChI=1S/C12H12FNO5/c13-10-6-8(3-4-11(10)14(16)17)12(15)19-7-9-2-1-5-18-9/h3-4,6,9H,1-2,5,7H2. The molecule has 1 aromatic rings. The number of hydrogen-bond donors (Lipinski definition) is 0. The van der Waals surface area contributed by atoms with E-state index >= 15 is 0 Å². The van der Waals surface area contributed by atoms with E-state index < -0.39 is 22.4 Å². The van der Waals surface area contributed by atoms with Crippen LogP contribution in [0.2, 0.25) is 0 Å². The van der Waals surface area contributed by atoms with Gasteiger partial charge < -0.3 is 9.47 Å². The predicted molar refractivity (Wildman–Crippen MR) is 62.3 cm³/mol. The number of rotatable bonds is 4. The Kier molecular flexibility index (Phi) is 4.06. The van der Waals surface area contributed by atoms with Crippen molar-refractivity contribution in [2.45, 2.75) is 18.9 Å². The fourth-order valence-corrected chi connectivity index (χ4v) is 1.81. The second-order valence-electron chi connectivity index (χ2n) is 4.16. The number of benzene rings is 1.